The van der Waals surface area contributed by atoms with E-state index in [4.69, 9.17) is 11.6 Å². The molecule has 1 aliphatic rings. The molecule has 1 aliphatic carbocycles. The lowest BCUT2D eigenvalue weighted by atomic mass is 10.1. The molecule has 3 aromatic carbocycles. The van der Waals surface area contributed by atoms with Crippen LogP contribution in [0.5, 0.6) is 0 Å². The molecule has 0 spiro atoms. The predicted molar refractivity (Wildman–Crippen MR) is 168 cm³/mol. The first kappa shape index (κ1) is 31.6. The van der Waals surface area contributed by atoms with Crippen molar-refractivity contribution < 1.29 is 18.0 Å². The van der Waals surface area contributed by atoms with Crippen molar-refractivity contribution in [3.63, 3.8) is 0 Å². The van der Waals surface area contributed by atoms with E-state index in [1.807, 2.05) is 44.2 Å². The van der Waals surface area contributed by atoms with Gasteiger partial charge in [-0.3, -0.25) is 13.9 Å². The molecule has 2 amide bonds. The van der Waals surface area contributed by atoms with Crippen LogP contribution < -0.4 is 9.62 Å². The Morgan fingerprint density at radius 2 is 1.62 bits per heavy atom. The van der Waals surface area contributed by atoms with E-state index in [0.717, 1.165) is 41.1 Å². The number of sulfonamides is 1. The summed E-state index contributed by atoms with van der Waals surface area (Å²) < 4.78 is 29.3. The zero-order valence-corrected chi connectivity index (χ0v) is 26.1. The van der Waals surface area contributed by atoms with Gasteiger partial charge in [0.05, 0.1) is 10.6 Å². The summed E-state index contributed by atoms with van der Waals surface area (Å²) in [5, 5.41) is 3.54. The van der Waals surface area contributed by atoms with E-state index >= 15 is 0 Å². The standard InChI is InChI=1S/C33H40ClN3O4S/c1-4-30(33(39)35-27-13-8-9-14-27)36(22-21-26-11-6-5-7-12-26)32(38)23-37(31-16-10-15-29(34)25(31)3)42(40,41)28-19-17-24(2)18-20-28/h5-7,10-12,15-20,27,30H,4,8-9,13-14,21-23H2,1-3H3,(H,35,39). The third kappa shape index (κ3) is 7.53. The van der Waals surface area contributed by atoms with Crippen molar-refractivity contribution in [2.45, 2.75) is 76.3 Å². The molecule has 224 valence electrons. The molecule has 3 aromatic rings. The number of aryl methyl sites for hydroxylation is 1. The number of carbonyl (C=O) groups excluding carboxylic acids is 2. The Hall–Kier alpha value is -3.36. The molecule has 0 aromatic heterocycles. The van der Waals surface area contributed by atoms with Gasteiger partial charge in [0.15, 0.2) is 0 Å². The molecule has 1 saturated carbocycles. The molecule has 0 heterocycles. The molecule has 42 heavy (non-hydrogen) atoms. The number of rotatable bonds is 12. The van der Waals surface area contributed by atoms with Crippen molar-refractivity contribution in [2.75, 3.05) is 17.4 Å². The summed E-state index contributed by atoms with van der Waals surface area (Å²) in [6.45, 7) is 5.29. The second kappa shape index (κ2) is 14.2. The van der Waals surface area contributed by atoms with E-state index in [1.165, 1.54) is 0 Å². The number of amides is 2. The normalized spacial score (nSPS) is 14.4. The van der Waals surface area contributed by atoms with E-state index in [2.05, 4.69) is 5.32 Å². The molecular formula is C33H40ClN3O4S. The Morgan fingerprint density at radius 3 is 2.26 bits per heavy atom. The maximum atomic E-state index is 14.2. The van der Waals surface area contributed by atoms with Crippen LogP contribution >= 0.6 is 11.6 Å². The number of hydrogen-bond donors (Lipinski definition) is 1. The van der Waals surface area contributed by atoms with Gasteiger partial charge in [-0.05, 0) is 74.9 Å². The van der Waals surface area contributed by atoms with Crippen LogP contribution in [0, 0.1) is 13.8 Å². The molecule has 9 heteroatoms. The number of hydrogen-bond acceptors (Lipinski definition) is 4. The quantitative estimate of drug-likeness (QED) is 0.270. The van der Waals surface area contributed by atoms with Gasteiger partial charge in [-0.2, -0.15) is 0 Å². The fourth-order valence-corrected chi connectivity index (χ4v) is 7.12. The number of nitrogens with zero attached hydrogens (tertiary/aromatic N) is 2. The number of benzene rings is 3. The van der Waals surface area contributed by atoms with Crippen LogP contribution in [-0.4, -0.2) is 50.3 Å². The van der Waals surface area contributed by atoms with Crippen molar-refractivity contribution in [3.05, 3.63) is 94.5 Å². The fraction of sp³-hybridized carbons (Fsp3) is 0.394. The number of carbonyl (C=O) groups is 2. The van der Waals surface area contributed by atoms with Crippen molar-refractivity contribution in [2.24, 2.45) is 0 Å². The topological polar surface area (TPSA) is 86.8 Å². The maximum absolute atomic E-state index is 14.2. The van der Waals surface area contributed by atoms with Gasteiger partial charge in [-0.1, -0.05) is 85.5 Å². The van der Waals surface area contributed by atoms with Gasteiger partial charge in [-0.25, -0.2) is 8.42 Å². The van der Waals surface area contributed by atoms with Crippen LogP contribution in [0.3, 0.4) is 0 Å². The summed E-state index contributed by atoms with van der Waals surface area (Å²) >= 11 is 6.42. The minimum Gasteiger partial charge on any atom is -0.352 e. The van der Waals surface area contributed by atoms with Crippen molar-refractivity contribution in [1.82, 2.24) is 10.2 Å². The second-order valence-electron chi connectivity index (χ2n) is 10.9. The van der Waals surface area contributed by atoms with Crippen molar-refractivity contribution in [3.8, 4) is 0 Å². The van der Waals surface area contributed by atoms with Gasteiger partial charge in [0.2, 0.25) is 11.8 Å². The molecule has 0 saturated heterocycles. The SMILES string of the molecule is CCC(C(=O)NC1CCCC1)N(CCc1ccccc1)C(=O)CN(c1cccc(Cl)c1C)S(=O)(=O)c1ccc(C)cc1. The average Bonchev–Trinajstić information content (AvgIpc) is 3.49. The number of halogens is 1. The van der Waals surface area contributed by atoms with E-state index in [0.29, 0.717) is 29.1 Å². The summed E-state index contributed by atoms with van der Waals surface area (Å²) in [5.41, 5.74) is 2.81. The molecule has 4 rings (SSSR count). The van der Waals surface area contributed by atoms with Gasteiger partial charge in [0.1, 0.15) is 12.6 Å². The Kier molecular flexibility index (Phi) is 10.7. The fourth-order valence-electron chi connectivity index (χ4n) is 5.48. The zero-order valence-electron chi connectivity index (χ0n) is 24.6. The summed E-state index contributed by atoms with van der Waals surface area (Å²) in [7, 11) is -4.15. The highest BCUT2D eigenvalue weighted by molar-refractivity contribution is 7.92. The largest absolute Gasteiger partial charge is 0.352 e. The highest BCUT2D eigenvalue weighted by atomic mass is 35.5. The van der Waals surface area contributed by atoms with E-state index < -0.39 is 28.5 Å². The highest BCUT2D eigenvalue weighted by Gasteiger charge is 2.35. The lowest BCUT2D eigenvalue weighted by Gasteiger charge is -2.34. The average molecular weight is 610 g/mol. The maximum Gasteiger partial charge on any atom is 0.264 e. The van der Waals surface area contributed by atoms with Gasteiger partial charge < -0.3 is 10.2 Å². The van der Waals surface area contributed by atoms with E-state index in [9.17, 15) is 18.0 Å². The van der Waals surface area contributed by atoms with Gasteiger partial charge >= 0.3 is 0 Å². The van der Waals surface area contributed by atoms with E-state index in [1.54, 1.807) is 54.3 Å². The molecule has 1 fully saturated rings. The van der Waals surface area contributed by atoms with Crippen LogP contribution in [0.25, 0.3) is 0 Å². The summed E-state index contributed by atoms with van der Waals surface area (Å²) in [4.78, 5) is 29.4. The Balaban J connectivity index is 1.70. The Bertz CT molecular complexity index is 1470. The first-order chi connectivity index (χ1) is 20.1. The molecule has 0 aliphatic heterocycles. The number of anilines is 1. The minimum atomic E-state index is -4.15. The molecule has 1 unspecified atom stereocenters. The molecular weight excluding hydrogens is 570 g/mol. The predicted octanol–water partition coefficient (Wildman–Crippen LogP) is 6.06. The Labute approximate surface area is 254 Å². The first-order valence-electron chi connectivity index (χ1n) is 14.6. The van der Waals surface area contributed by atoms with Crippen molar-refractivity contribution in [1.29, 1.82) is 0 Å². The lowest BCUT2D eigenvalue weighted by molar-refractivity contribution is -0.139. The summed E-state index contributed by atoms with van der Waals surface area (Å²) in [5.74, 6) is -0.646. The van der Waals surface area contributed by atoms with Crippen LogP contribution in [0.4, 0.5) is 5.69 Å². The monoisotopic (exact) mass is 609 g/mol. The third-order valence-electron chi connectivity index (χ3n) is 7.97. The van der Waals surface area contributed by atoms with Crippen LogP contribution in [0.15, 0.2) is 77.7 Å². The number of nitrogens with one attached hydrogen (secondary N) is 1. The molecule has 1 atom stereocenters. The summed E-state index contributed by atoms with van der Waals surface area (Å²) in [6, 6.07) is 20.7. The first-order valence-corrected chi connectivity index (χ1v) is 16.4. The smallest absolute Gasteiger partial charge is 0.264 e. The minimum absolute atomic E-state index is 0.0714. The lowest BCUT2D eigenvalue weighted by Crippen LogP contribution is -2.54. The third-order valence-corrected chi connectivity index (χ3v) is 10.2. The van der Waals surface area contributed by atoms with Gasteiger partial charge in [-0.15, -0.1) is 0 Å². The van der Waals surface area contributed by atoms with Crippen LogP contribution in [-0.2, 0) is 26.0 Å². The molecule has 1 N–H and O–H groups in total. The highest BCUT2D eigenvalue weighted by Crippen LogP contribution is 2.31. The van der Waals surface area contributed by atoms with Crippen LogP contribution in [0.2, 0.25) is 5.02 Å². The van der Waals surface area contributed by atoms with E-state index in [-0.39, 0.29) is 23.4 Å². The molecule has 0 radical (unpaired) electrons. The second-order valence-corrected chi connectivity index (χ2v) is 13.2. The van der Waals surface area contributed by atoms with Gasteiger partial charge in [0, 0.05) is 17.6 Å². The molecule has 7 nitrogen and oxygen atoms in total. The van der Waals surface area contributed by atoms with Crippen molar-refractivity contribution >= 4 is 39.1 Å². The summed E-state index contributed by atoms with van der Waals surface area (Å²) in [6.07, 6.45) is 4.93. The van der Waals surface area contributed by atoms with Gasteiger partial charge in [0.25, 0.3) is 10.0 Å². The zero-order chi connectivity index (χ0) is 30.3. The molecule has 0 bridgehead atoms. The Morgan fingerprint density at radius 1 is 0.952 bits per heavy atom. The van der Waals surface area contributed by atoms with Crippen LogP contribution in [0.1, 0.15) is 55.7 Å².